The molecule has 0 fully saturated rings. The number of nitrogens with zero attached hydrogens (tertiary/aromatic N) is 2. The fraction of sp³-hybridized carbons (Fsp3) is 0.429. The van der Waals surface area contributed by atoms with Crippen LogP contribution in [0.4, 0.5) is 4.79 Å². The van der Waals surface area contributed by atoms with Crippen molar-refractivity contribution in [3.8, 4) is 6.07 Å². The van der Waals surface area contributed by atoms with Crippen LogP contribution < -0.4 is 5.32 Å². The second-order valence-electron chi connectivity index (χ2n) is 9.47. The highest BCUT2D eigenvalue weighted by molar-refractivity contribution is 6.02. The van der Waals surface area contributed by atoms with Gasteiger partial charge < -0.3 is 10.1 Å². The Kier molecular flexibility index (Phi) is 8.68. The summed E-state index contributed by atoms with van der Waals surface area (Å²) in [5.41, 5.74) is 0.857. The molecule has 0 bridgehead atoms. The monoisotopic (exact) mass is 445 g/mol. The molecule has 5 nitrogen and oxygen atoms in total. The highest BCUT2D eigenvalue weighted by Crippen LogP contribution is 2.29. The predicted molar refractivity (Wildman–Crippen MR) is 135 cm³/mol. The number of ether oxygens (including phenoxy) is 1. The zero-order valence-electron chi connectivity index (χ0n) is 20.1. The average Bonchev–Trinajstić information content (AvgIpc) is 2.77. The Bertz CT molecular complexity index is 1060. The van der Waals surface area contributed by atoms with E-state index < -0.39 is 5.60 Å². The van der Waals surface area contributed by atoms with Gasteiger partial charge in [-0.2, -0.15) is 5.26 Å². The van der Waals surface area contributed by atoms with E-state index in [4.69, 9.17) is 10.00 Å². The Morgan fingerprint density at radius 3 is 2.18 bits per heavy atom. The maximum Gasteiger partial charge on any atom is 0.407 e. The molecule has 0 atom stereocenters. The molecule has 0 heterocycles. The molecule has 0 aliphatic carbocycles. The van der Waals surface area contributed by atoms with Crippen molar-refractivity contribution in [2.75, 3.05) is 19.6 Å². The van der Waals surface area contributed by atoms with Crippen molar-refractivity contribution in [2.24, 2.45) is 0 Å². The summed E-state index contributed by atoms with van der Waals surface area (Å²) < 4.78 is 5.30. The summed E-state index contributed by atoms with van der Waals surface area (Å²) in [6, 6.07) is 21.7. The van der Waals surface area contributed by atoms with E-state index >= 15 is 0 Å². The largest absolute Gasteiger partial charge is 0.444 e. The molecule has 1 amide bonds. The summed E-state index contributed by atoms with van der Waals surface area (Å²) in [6.45, 7) is 8.82. The molecule has 0 aliphatic rings. The molecular weight excluding hydrogens is 410 g/mol. The lowest BCUT2D eigenvalue weighted by Crippen LogP contribution is -2.33. The molecule has 3 aromatic rings. The number of fused-ring (bicyclic) bond motifs is 2. The van der Waals surface area contributed by atoms with Crippen molar-refractivity contribution in [3.63, 3.8) is 0 Å². The molecule has 3 rings (SSSR count). The van der Waals surface area contributed by atoms with Gasteiger partial charge in [0.25, 0.3) is 0 Å². The molecule has 3 aromatic carbocycles. The van der Waals surface area contributed by atoms with Crippen LogP contribution in [0.1, 0.15) is 52.0 Å². The lowest BCUT2D eigenvalue weighted by Gasteiger charge is -2.24. The van der Waals surface area contributed by atoms with E-state index in [2.05, 4.69) is 70.9 Å². The smallest absolute Gasteiger partial charge is 0.407 e. The Morgan fingerprint density at radius 2 is 1.58 bits per heavy atom. The average molecular weight is 446 g/mol. The van der Waals surface area contributed by atoms with E-state index in [9.17, 15) is 4.79 Å². The summed E-state index contributed by atoms with van der Waals surface area (Å²) in [6.07, 6.45) is 2.90. The number of hydrogen-bond donors (Lipinski definition) is 1. The van der Waals surface area contributed by atoms with Crippen molar-refractivity contribution < 1.29 is 9.53 Å². The van der Waals surface area contributed by atoms with Gasteiger partial charge in [0.2, 0.25) is 0 Å². The number of carbonyl (C=O) groups excluding carboxylic acids is 1. The van der Waals surface area contributed by atoms with Gasteiger partial charge in [-0.25, -0.2) is 4.79 Å². The number of alkyl carbamates (subject to hydrolysis) is 1. The SMILES string of the molecule is CC(C)(C)OC(=O)NCCCCN(CCCC#N)Cc1c2ccccc2cc2ccccc12. The molecule has 1 N–H and O–H groups in total. The van der Waals surface area contributed by atoms with E-state index in [1.807, 2.05) is 20.8 Å². The van der Waals surface area contributed by atoms with E-state index in [-0.39, 0.29) is 6.09 Å². The second kappa shape index (κ2) is 11.7. The summed E-state index contributed by atoms with van der Waals surface area (Å²) in [7, 11) is 0. The summed E-state index contributed by atoms with van der Waals surface area (Å²) >= 11 is 0. The summed E-state index contributed by atoms with van der Waals surface area (Å²) in [5.74, 6) is 0. The van der Waals surface area contributed by atoms with E-state index in [0.29, 0.717) is 13.0 Å². The molecule has 0 saturated carbocycles. The van der Waals surface area contributed by atoms with Crippen molar-refractivity contribution >= 4 is 27.6 Å². The molecular formula is C28H35N3O2. The van der Waals surface area contributed by atoms with Crippen LogP contribution in [-0.4, -0.2) is 36.2 Å². The number of unbranched alkanes of at least 4 members (excludes halogenated alkanes) is 2. The molecule has 0 unspecified atom stereocenters. The predicted octanol–water partition coefficient (Wildman–Crippen LogP) is 6.40. The van der Waals surface area contributed by atoms with Crippen LogP contribution >= 0.6 is 0 Å². The van der Waals surface area contributed by atoms with Crippen LogP contribution in [0.15, 0.2) is 54.6 Å². The molecule has 0 radical (unpaired) electrons. The molecule has 33 heavy (non-hydrogen) atoms. The third-order valence-electron chi connectivity index (χ3n) is 5.60. The topological polar surface area (TPSA) is 65.4 Å². The molecule has 5 heteroatoms. The lowest BCUT2D eigenvalue weighted by atomic mass is 9.96. The first-order chi connectivity index (χ1) is 15.9. The van der Waals surface area contributed by atoms with Gasteiger partial charge in [0.15, 0.2) is 0 Å². The third-order valence-corrected chi connectivity index (χ3v) is 5.60. The van der Waals surface area contributed by atoms with Gasteiger partial charge in [0.1, 0.15) is 5.60 Å². The van der Waals surface area contributed by atoms with Crippen LogP contribution in [0.5, 0.6) is 0 Å². The highest BCUT2D eigenvalue weighted by atomic mass is 16.6. The van der Waals surface area contributed by atoms with Gasteiger partial charge in [-0.3, -0.25) is 4.90 Å². The van der Waals surface area contributed by atoms with Gasteiger partial charge in [0.05, 0.1) is 6.07 Å². The van der Waals surface area contributed by atoms with Crippen LogP contribution in [0, 0.1) is 11.3 Å². The van der Waals surface area contributed by atoms with Crippen molar-refractivity contribution in [2.45, 2.75) is 58.6 Å². The van der Waals surface area contributed by atoms with Crippen LogP contribution in [-0.2, 0) is 11.3 Å². The molecule has 0 aromatic heterocycles. The van der Waals surface area contributed by atoms with Gasteiger partial charge >= 0.3 is 6.09 Å². The number of benzene rings is 3. The Labute approximate surface area is 197 Å². The molecule has 0 aliphatic heterocycles. The number of nitrogens with one attached hydrogen (secondary N) is 1. The first kappa shape index (κ1) is 24.5. The summed E-state index contributed by atoms with van der Waals surface area (Å²) in [4.78, 5) is 14.3. The Hall–Kier alpha value is -3.10. The van der Waals surface area contributed by atoms with Crippen LogP contribution in [0.25, 0.3) is 21.5 Å². The highest BCUT2D eigenvalue weighted by Gasteiger charge is 2.16. The van der Waals surface area contributed by atoms with Crippen LogP contribution in [0.2, 0.25) is 0 Å². The van der Waals surface area contributed by atoms with Crippen molar-refractivity contribution in [3.05, 3.63) is 60.2 Å². The molecule has 0 saturated heterocycles. The van der Waals surface area contributed by atoms with Crippen LogP contribution in [0.3, 0.4) is 0 Å². The summed E-state index contributed by atoms with van der Waals surface area (Å²) in [5, 5.41) is 16.9. The fourth-order valence-electron chi connectivity index (χ4n) is 4.12. The fourth-order valence-corrected chi connectivity index (χ4v) is 4.12. The lowest BCUT2D eigenvalue weighted by molar-refractivity contribution is 0.0526. The standard InChI is InChI=1S/C28H35N3O2/c1-28(2,3)33-27(32)30-17-9-11-19-31(18-10-8-16-29)21-26-24-14-6-4-12-22(24)20-23-13-5-7-15-25(23)26/h4-7,12-15,20H,8-11,17-19,21H2,1-3H3,(H,30,32). The normalized spacial score (nSPS) is 11.6. The second-order valence-corrected chi connectivity index (χ2v) is 9.47. The number of carbonyl (C=O) groups is 1. The zero-order chi connectivity index (χ0) is 23.7. The van der Waals surface area contributed by atoms with E-state index in [1.54, 1.807) is 0 Å². The Balaban J connectivity index is 1.68. The number of amides is 1. The van der Waals surface area contributed by atoms with Gasteiger partial charge in [-0.05, 0) is 86.3 Å². The van der Waals surface area contributed by atoms with Gasteiger partial charge in [-0.15, -0.1) is 0 Å². The van der Waals surface area contributed by atoms with E-state index in [0.717, 1.165) is 38.9 Å². The minimum Gasteiger partial charge on any atom is -0.444 e. The first-order valence-corrected chi connectivity index (χ1v) is 11.8. The maximum atomic E-state index is 11.8. The number of hydrogen-bond acceptors (Lipinski definition) is 4. The van der Waals surface area contributed by atoms with E-state index in [1.165, 1.54) is 27.1 Å². The van der Waals surface area contributed by atoms with Crippen molar-refractivity contribution in [1.82, 2.24) is 10.2 Å². The molecule has 174 valence electrons. The Morgan fingerprint density at radius 1 is 0.970 bits per heavy atom. The zero-order valence-corrected chi connectivity index (χ0v) is 20.1. The quantitative estimate of drug-likeness (QED) is 0.289. The number of nitriles is 1. The molecule has 0 spiro atoms. The maximum absolute atomic E-state index is 11.8. The van der Waals surface area contributed by atoms with Gasteiger partial charge in [-0.1, -0.05) is 48.5 Å². The van der Waals surface area contributed by atoms with Crippen molar-refractivity contribution in [1.29, 1.82) is 5.26 Å². The minimum absolute atomic E-state index is 0.365. The number of rotatable bonds is 10. The third kappa shape index (κ3) is 7.47. The minimum atomic E-state index is -0.483. The van der Waals surface area contributed by atoms with Gasteiger partial charge in [0, 0.05) is 19.5 Å². The first-order valence-electron chi connectivity index (χ1n) is 11.8.